The van der Waals surface area contributed by atoms with Crippen molar-refractivity contribution in [1.29, 1.82) is 0 Å². The van der Waals surface area contributed by atoms with Gasteiger partial charge < -0.3 is 14.6 Å². The maximum Gasteiger partial charge on any atom is 0.290 e. The second kappa shape index (κ2) is 7.07. The van der Waals surface area contributed by atoms with Crippen molar-refractivity contribution >= 4 is 17.6 Å². The standard InChI is InChI=1S/C21H19N3O3/c1-14-8-9-19(22-12-14)23-20(25)17-11-15-5-2-3-6-16(15)13-24(17)21(26)18-7-4-10-27-18/h2-10,12,17H,11,13H2,1H3,(H,22,23,25). The van der Waals surface area contributed by atoms with Gasteiger partial charge in [-0.2, -0.15) is 0 Å². The molecule has 0 aliphatic carbocycles. The number of benzene rings is 1. The number of amides is 2. The van der Waals surface area contributed by atoms with E-state index < -0.39 is 6.04 Å². The first-order valence-electron chi connectivity index (χ1n) is 8.76. The smallest absolute Gasteiger partial charge is 0.290 e. The zero-order chi connectivity index (χ0) is 18.8. The van der Waals surface area contributed by atoms with Gasteiger partial charge in [-0.1, -0.05) is 30.3 Å². The van der Waals surface area contributed by atoms with Crippen LogP contribution in [-0.4, -0.2) is 27.7 Å². The minimum Gasteiger partial charge on any atom is -0.459 e. The lowest BCUT2D eigenvalue weighted by molar-refractivity contribution is -0.121. The van der Waals surface area contributed by atoms with E-state index in [9.17, 15) is 9.59 Å². The van der Waals surface area contributed by atoms with Gasteiger partial charge in [0.1, 0.15) is 11.9 Å². The average molecular weight is 361 g/mol. The van der Waals surface area contributed by atoms with Crippen LogP contribution in [0.25, 0.3) is 0 Å². The number of carbonyl (C=O) groups is 2. The van der Waals surface area contributed by atoms with E-state index in [1.54, 1.807) is 29.3 Å². The van der Waals surface area contributed by atoms with Gasteiger partial charge in [0.2, 0.25) is 5.91 Å². The first kappa shape index (κ1) is 17.0. The van der Waals surface area contributed by atoms with Crippen LogP contribution in [0.3, 0.4) is 0 Å². The third-order valence-electron chi connectivity index (χ3n) is 4.71. The highest BCUT2D eigenvalue weighted by Gasteiger charge is 2.36. The number of pyridine rings is 1. The molecule has 1 unspecified atom stereocenters. The Morgan fingerprint density at radius 1 is 1.11 bits per heavy atom. The van der Waals surface area contributed by atoms with Crippen molar-refractivity contribution in [2.45, 2.75) is 25.9 Å². The average Bonchev–Trinajstić information content (AvgIpc) is 3.23. The molecule has 1 N–H and O–H groups in total. The molecule has 1 aromatic carbocycles. The van der Waals surface area contributed by atoms with E-state index in [0.29, 0.717) is 18.8 Å². The van der Waals surface area contributed by atoms with Gasteiger partial charge >= 0.3 is 0 Å². The van der Waals surface area contributed by atoms with Crippen molar-refractivity contribution in [1.82, 2.24) is 9.88 Å². The maximum absolute atomic E-state index is 13.0. The van der Waals surface area contributed by atoms with Crippen LogP contribution in [0, 0.1) is 6.92 Å². The van der Waals surface area contributed by atoms with Gasteiger partial charge in [-0.3, -0.25) is 9.59 Å². The van der Waals surface area contributed by atoms with E-state index in [0.717, 1.165) is 16.7 Å². The number of fused-ring (bicyclic) bond motifs is 1. The molecule has 136 valence electrons. The number of hydrogen-bond acceptors (Lipinski definition) is 4. The molecule has 3 aromatic rings. The number of anilines is 1. The van der Waals surface area contributed by atoms with Crippen molar-refractivity contribution in [2.75, 3.05) is 5.32 Å². The Morgan fingerprint density at radius 2 is 1.93 bits per heavy atom. The van der Waals surface area contributed by atoms with E-state index >= 15 is 0 Å². The van der Waals surface area contributed by atoms with Gasteiger partial charge in [0.25, 0.3) is 5.91 Å². The minimum absolute atomic E-state index is 0.223. The Bertz CT molecular complexity index is 965. The molecule has 4 rings (SSSR count). The van der Waals surface area contributed by atoms with E-state index in [1.807, 2.05) is 37.3 Å². The highest BCUT2D eigenvalue weighted by molar-refractivity contribution is 6.00. The summed E-state index contributed by atoms with van der Waals surface area (Å²) in [7, 11) is 0. The molecule has 6 heteroatoms. The number of rotatable bonds is 3. The highest BCUT2D eigenvalue weighted by atomic mass is 16.3. The third kappa shape index (κ3) is 3.46. The summed E-state index contributed by atoms with van der Waals surface area (Å²) < 4.78 is 5.26. The summed E-state index contributed by atoms with van der Waals surface area (Å²) in [6.07, 6.45) is 3.59. The SMILES string of the molecule is Cc1ccc(NC(=O)C2Cc3ccccc3CN2C(=O)c2ccco2)nc1. The molecular formula is C21H19N3O3. The van der Waals surface area contributed by atoms with Crippen molar-refractivity contribution in [3.8, 4) is 0 Å². The zero-order valence-corrected chi connectivity index (χ0v) is 14.9. The Hall–Kier alpha value is -3.41. The predicted octanol–water partition coefficient (Wildman–Crippen LogP) is 3.19. The van der Waals surface area contributed by atoms with Crippen LogP contribution in [-0.2, 0) is 17.8 Å². The predicted molar refractivity (Wildman–Crippen MR) is 100 cm³/mol. The lowest BCUT2D eigenvalue weighted by atomic mass is 9.93. The normalized spacial score (nSPS) is 15.9. The van der Waals surface area contributed by atoms with Crippen molar-refractivity contribution in [3.05, 3.63) is 83.4 Å². The van der Waals surface area contributed by atoms with Crippen molar-refractivity contribution < 1.29 is 14.0 Å². The summed E-state index contributed by atoms with van der Waals surface area (Å²) in [5, 5.41) is 2.83. The molecule has 0 radical (unpaired) electrons. The molecule has 0 fully saturated rings. The van der Waals surface area contributed by atoms with E-state index in [1.165, 1.54) is 6.26 Å². The number of aromatic nitrogens is 1. The Balaban J connectivity index is 1.63. The molecule has 1 aliphatic rings. The fourth-order valence-corrected chi connectivity index (χ4v) is 3.26. The van der Waals surface area contributed by atoms with Gasteiger partial charge in [0.05, 0.1) is 6.26 Å². The van der Waals surface area contributed by atoms with E-state index in [4.69, 9.17) is 4.42 Å². The quantitative estimate of drug-likeness (QED) is 0.777. The molecule has 0 saturated heterocycles. The number of nitrogens with zero attached hydrogens (tertiary/aromatic N) is 2. The Morgan fingerprint density at radius 3 is 2.63 bits per heavy atom. The summed E-state index contributed by atoms with van der Waals surface area (Å²) in [6, 6.07) is 14.1. The first-order chi connectivity index (χ1) is 13.1. The molecular weight excluding hydrogens is 342 g/mol. The van der Waals surface area contributed by atoms with Crippen molar-refractivity contribution in [3.63, 3.8) is 0 Å². The third-order valence-corrected chi connectivity index (χ3v) is 4.71. The summed E-state index contributed by atoms with van der Waals surface area (Å²) in [5.41, 5.74) is 3.11. The number of carbonyl (C=O) groups excluding carboxylic acids is 2. The van der Waals surface area contributed by atoms with E-state index in [-0.39, 0.29) is 17.6 Å². The fourth-order valence-electron chi connectivity index (χ4n) is 3.26. The van der Waals surface area contributed by atoms with Gasteiger partial charge in [-0.25, -0.2) is 4.98 Å². The topological polar surface area (TPSA) is 75.4 Å². The maximum atomic E-state index is 13.0. The molecule has 0 spiro atoms. The largest absolute Gasteiger partial charge is 0.459 e. The second-order valence-electron chi connectivity index (χ2n) is 6.61. The van der Waals surface area contributed by atoms with Crippen molar-refractivity contribution in [2.24, 2.45) is 0 Å². The summed E-state index contributed by atoms with van der Waals surface area (Å²) in [4.78, 5) is 31.7. The minimum atomic E-state index is -0.638. The van der Waals surface area contributed by atoms with Gasteiger partial charge in [0, 0.05) is 19.2 Å². The zero-order valence-electron chi connectivity index (χ0n) is 14.9. The lowest BCUT2D eigenvalue weighted by Crippen LogP contribution is -2.50. The molecule has 1 aliphatic heterocycles. The van der Waals surface area contributed by atoms with Crippen LogP contribution in [0.2, 0.25) is 0 Å². The van der Waals surface area contributed by atoms with Gasteiger partial charge in [-0.05, 0) is 41.8 Å². The number of nitrogens with one attached hydrogen (secondary N) is 1. The van der Waals surface area contributed by atoms with Gasteiger partial charge in [0.15, 0.2) is 5.76 Å². The van der Waals surface area contributed by atoms with Crippen LogP contribution >= 0.6 is 0 Å². The van der Waals surface area contributed by atoms with Crippen LogP contribution in [0.4, 0.5) is 5.82 Å². The lowest BCUT2D eigenvalue weighted by Gasteiger charge is -2.35. The summed E-state index contributed by atoms with van der Waals surface area (Å²) in [5.74, 6) is 0.128. The van der Waals surface area contributed by atoms with Crippen LogP contribution < -0.4 is 5.32 Å². The fraction of sp³-hybridized carbons (Fsp3) is 0.190. The van der Waals surface area contributed by atoms with Crippen LogP contribution in [0.5, 0.6) is 0 Å². The highest BCUT2D eigenvalue weighted by Crippen LogP contribution is 2.26. The first-order valence-corrected chi connectivity index (χ1v) is 8.76. The van der Waals surface area contributed by atoms with E-state index in [2.05, 4.69) is 10.3 Å². The summed E-state index contributed by atoms with van der Waals surface area (Å²) in [6.45, 7) is 2.29. The number of hydrogen-bond donors (Lipinski definition) is 1. The Labute approximate surface area is 156 Å². The molecule has 0 saturated carbocycles. The molecule has 3 heterocycles. The molecule has 1 atom stereocenters. The number of furan rings is 1. The Kier molecular flexibility index (Phi) is 4.46. The van der Waals surface area contributed by atoms with Crippen LogP contribution in [0.15, 0.2) is 65.4 Å². The second-order valence-corrected chi connectivity index (χ2v) is 6.61. The molecule has 0 bridgehead atoms. The van der Waals surface area contributed by atoms with Gasteiger partial charge in [-0.15, -0.1) is 0 Å². The summed E-state index contributed by atoms with van der Waals surface area (Å²) >= 11 is 0. The molecule has 2 amide bonds. The molecule has 27 heavy (non-hydrogen) atoms. The monoisotopic (exact) mass is 361 g/mol. The molecule has 6 nitrogen and oxygen atoms in total. The van der Waals surface area contributed by atoms with Crippen LogP contribution in [0.1, 0.15) is 27.2 Å². The number of aryl methyl sites for hydroxylation is 1. The molecule has 2 aromatic heterocycles.